The Balaban J connectivity index is 1.53. The molecule has 1 atom stereocenters. The van der Waals surface area contributed by atoms with Crippen molar-refractivity contribution in [2.45, 2.75) is 26.3 Å². The molecule has 2 heterocycles. The number of ether oxygens (including phenoxy) is 2. The van der Waals surface area contributed by atoms with Gasteiger partial charge in [0.2, 0.25) is 11.8 Å². The number of rotatable bonds is 8. The Morgan fingerprint density at radius 2 is 2.07 bits per heavy atom. The van der Waals surface area contributed by atoms with E-state index in [0.29, 0.717) is 30.3 Å². The normalized spacial score (nSPS) is 16.3. The highest BCUT2D eigenvalue weighted by Crippen LogP contribution is 2.34. The van der Waals surface area contributed by atoms with Gasteiger partial charge in [-0.2, -0.15) is 0 Å². The fraction of sp³-hybridized carbons (Fsp3) is 0.450. The topological polar surface area (TPSA) is 85.7 Å². The summed E-state index contributed by atoms with van der Waals surface area (Å²) in [7, 11) is 3.11. The Bertz CT molecular complexity index is 848. The maximum absolute atomic E-state index is 12.5. The minimum Gasteiger partial charge on any atom is -0.493 e. The Morgan fingerprint density at radius 1 is 1.29 bits per heavy atom. The lowest BCUT2D eigenvalue weighted by atomic mass is 10.1. The van der Waals surface area contributed by atoms with Gasteiger partial charge in [-0.05, 0) is 25.5 Å². The molecule has 0 unspecified atom stereocenters. The number of nitrogens with one attached hydrogen (secondary N) is 1. The number of hydrogen-bond acceptors (Lipinski definition) is 5. The quantitative estimate of drug-likeness (QED) is 0.699. The second kappa shape index (κ2) is 8.77. The van der Waals surface area contributed by atoms with Crippen molar-refractivity contribution < 1.29 is 19.1 Å². The van der Waals surface area contributed by atoms with Crippen LogP contribution in [0.4, 0.5) is 5.69 Å². The summed E-state index contributed by atoms with van der Waals surface area (Å²) in [5.41, 5.74) is 0.702. The summed E-state index contributed by atoms with van der Waals surface area (Å²) < 4.78 is 12.6. The SMILES string of the molecule is COc1ccc(N2C[C@H](C(=O)NCCCn3ccnc3C)CC2=O)cc1OC. The average Bonchev–Trinajstić information content (AvgIpc) is 3.30. The number of aromatic nitrogens is 2. The number of imidazole rings is 1. The lowest BCUT2D eigenvalue weighted by molar-refractivity contribution is -0.126. The Hall–Kier alpha value is -3.03. The molecular formula is C20H26N4O4. The standard InChI is InChI=1S/C20H26N4O4/c1-14-21-8-10-23(14)9-4-7-22-20(26)15-11-19(25)24(13-15)16-5-6-17(27-2)18(12-16)28-3/h5-6,8,10,12,15H,4,7,9,11,13H2,1-3H3,(H,22,26)/t15-/m1/s1. The van der Waals surface area contributed by atoms with E-state index in [9.17, 15) is 9.59 Å². The molecule has 8 heteroatoms. The van der Waals surface area contributed by atoms with E-state index in [-0.39, 0.29) is 24.2 Å². The van der Waals surface area contributed by atoms with Crippen molar-refractivity contribution in [1.82, 2.24) is 14.9 Å². The van der Waals surface area contributed by atoms with Gasteiger partial charge in [-0.1, -0.05) is 0 Å². The van der Waals surface area contributed by atoms with Crippen LogP contribution in [-0.2, 0) is 16.1 Å². The largest absolute Gasteiger partial charge is 0.493 e. The van der Waals surface area contributed by atoms with Crippen LogP contribution in [0.15, 0.2) is 30.6 Å². The lowest BCUT2D eigenvalue weighted by Crippen LogP contribution is -2.33. The number of methoxy groups -OCH3 is 2. The summed E-state index contributed by atoms with van der Waals surface area (Å²) in [6, 6.07) is 5.31. The van der Waals surface area contributed by atoms with Gasteiger partial charge in [0, 0.05) is 50.2 Å². The third kappa shape index (κ3) is 4.27. The van der Waals surface area contributed by atoms with Crippen LogP contribution in [0.2, 0.25) is 0 Å². The van der Waals surface area contributed by atoms with Gasteiger partial charge in [-0.15, -0.1) is 0 Å². The van der Waals surface area contributed by atoms with E-state index in [1.807, 2.05) is 17.7 Å². The Labute approximate surface area is 164 Å². The van der Waals surface area contributed by atoms with Crippen LogP contribution in [0, 0.1) is 12.8 Å². The number of anilines is 1. The third-order valence-corrected chi connectivity index (χ3v) is 4.97. The molecule has 1 aliphatic rings. The number of benzene rings is 1. The van der Waals surface area contributed by atoms with Crippen molar-refractivity contribution in [3.05, 3.63) is 36.4 Å². The van der Waals surface area contributed by atoms with Crippen LogP contribution < -0.4 is 19.7 Å². The molecule has 8 nitrogen and oxygen atoms in total. The van der Waals surface area contributed by atoms with E-state index in [1.165, 1.54) is 0 Å². The predicted octanol–water partition coefficient (Wildman–Crippen LogP) is 1.77. The van der Waals surface area contributed by atoms with Crippen LogP contribution in [0.3, 0.4) is 0 Å². The Morgan fingerprint density at radius 3 is 2.75 bits per heavy atom. The zero-order valence-corrected chi connectivity index (χ0v) is 16.5. The van der Waals surface area contributed by atoms with Crippen molar-refractivity contribution in [3.63, 3.8) is 0 Å². The van der Waals surface area contributed by atoms with Gasteiger partial charge in [0.1, 0.15) is 5.82 Å². The van der Waals surface area contributed by atoms with Gasteiger partial charge < -0.3 is 24.3 Å². The van der Waals surface area contributed by atoms with Gasteiger partial charge in [-0.3, -0.25) is 9.59 Å². The number of hydrogen-bond donors (Lipinski definition) is 1. The van der Waals surface area contributed by atoms with E-state index in [0.717, 1.165) is 18.8 Å². The summed E-state index contributed by atoms with van der Waals surface area (Å²) in [6.45, 7) is 3.68. The molecule has 1 fully saturated rings. The molecule has 1 saturated heterocycles. The van der Waals surface area contributed by atoms with Crippen LogP contribution in [0.1, 0.15) is 18.7 Å². The zero-order valence-electron chi connectivity index (χ0n) is 16.5. The first-order chi connectivity index (χ1) is 13.5. The maximum atomic E-state index is 12.5. The molecule has 1 aliphatic heterocycles. The fourth-order valence-electron chi connectivity index (χ4n) is 3.37. The van der Waals surface area contributed by atoms with Crippen molar-refractivity contribution in [1.29, 1.82) is 0 Å². The van der Waals surface area contributed by atoms with Crippen LogP contribution >= 0.6 is 0 Å². The molecule has 28 heavy (non-hydrogen) atoms. The summed E-state index contributed by atoms with van der Waals surface area (Å²) >= 11 is 0. The van der Waals surface area contributed by atoms with Gasteiger partial charge >= 0.3 is 0 Å². The van der Waals surface area contributed by atoms with Crippen LogP contribution in [0.5, 0.6) is 11.5 Å². The number of carbonyl (C=O) groups is 2. The van der Waals surface area contributed by atoms with E-state index < -0.39 is 0 Å². The lowest BCUT2D eigenvalue weighted by Gasteiger charge is -2.18. The van der Waals surface area contributed by atoms with Gasteiger partial charge in [-0.25, -0.2) is 4.98 Å². The van der Waals surface area contributed by atoms with Gasteiger partial charge in [0.25, 0.3) is 0 Å². The highest BCUT2D eigenvalue weighted by atomic mass is 16.5. The first-order valence-corrected chi connectivity index (χ1v) is 9.31. The summed E-state index contributed by atoms with van der Waals surface area (Å²) in [5.74, 6) is 1.60. The molecule has 0 spiro atoms. The number of carbonyl (C=O) groups excluding carboxylic acids is 2. The molecule has 2 aromatic rings. The molecule has 0 aliphatic carbocycles. The van der Waals surface area contributed by atoms with E-state index >= 15 is 0 Å². The summed E-state index contributed by atoms with van der Waals surface area (Å²) in [6.07, 6.45) is 4.71. The highest BCUT2D eigenvalue weighted by molar-refractivity contribution is 6.00. The minimum atomic E-state index is -0.351. The van der Waals surface area contributed by atoms with Crippen molar-refractivity contribution >= 4 is 17.5 Å². The molecule has 0 bridgehead atoms. The number of amides is 2. The summed E-state index contributed by atoms with van der Waals surface area (Å²) in [5, 5.41) is 2.94. The molecule has 2 amide bonds. The molecule has 150 valence electrons. The molecule has 1 aromatic carbocycles. The maximum Gasteiger partial charge on any atom is 0.227 e. The minimum absolute atomic E-state index is 0.0681. The van der Waals surface area contributed by atoms with Crippen LogP contribution in [-0.4, -0.2) is 48.7 Å². The Kier molecular flexibility index (Phi) is 6.18. The van der Waals surface area contributed by atoms with Gasteiger partial charge in [0.15, 0.2) is 11.5 Å². The molecule has 1 N–H and O–H groups in total. The smallest absolute Gasteiger partial charge is 0.227 e. The van der Waals surface area contributed by atoms with E-state index in [2.05, 4.69) is 10.3 Å². The fourth-order valence-corrected chi connectivity index (χ4v) is 3.37. The average molecular weight is 386 g/mol. The third-order valence-electron chi connectivity index (χ3n) is 4.97. The van der Waals surface area contributed by atoms with E-state index in [1.54, 1.807) is 43.5 Å². The summed E-state index contributed by atoms with van der Waals surface area (Å²) in [4.78, 5) is 30.7. The monoisotopic (exact) mass is 386 g/mol. The second-order valence-electron chi connectivity index (χ2n) is 6.76. The molecule has 0 saturated carbocycles. The van der Waals surface area contributed by atoms with Crippen LogP contribution in [0.25, 0.3) is 0 Å². The first kappa shape index (κ1) is 19.7. The first-order valence-electron chi connectivity index (χ1n) is 9.31. The van der Waals surface area contributed by atoms with Gasteiger partial charge in [0.05, 0.1) is 20.1 Å². The highest BCUT2D eigenvalue weighted by Gasteiger charge is 2.35. The molecule has 3 rings (SSSR count). The van der Waals surface area contributed by atoms with Crippen molar-refractivity contribution in [3.8, 4) is 11.5 Å². The van der Waals surface area contributed by atoms with Crippen molar-refractivity contribution in [2.75, 3.05) is 32.2 Å². The van der Waals surface area contributed by atoms with Crippen molar-refractivity contribution in [2.24, 2.45) is 5.92 Å². The number of nitrogens with zero attached hydrogens (tertiary/aromatic N) is 3. The zero-order chi connectivity index (χ0) is 20.1. The second-order valence-corrected chi connectivity index (χ2v) is 6.76. The van der Waals surface area contributed by atoms with E-state index in [4.69, 9.17) is 9.47 Å². The predicted molar refractivity (Wildman–Crippen MR) is 105 cm³/mol. The molecule has 0 radical (unpaired) electrons. The molecular weight excluding hydrogens is 360 g/mol. The molecule has 1 aromatic heterocycles. The number of aryl methyl sites for hydroxylation is 2.